The molecule has 1 unspecified atom stereocenters. The predicted octanol–water partition coefficient (Wildman–Crippen LogP) is 5.08. The average Bonchev–Trinajstić information content (AvgIpc) is 3.41. The summed E-state index contributed by atoms with van der Waals surface area (Å²) in [5.74, 6) is -0.271. The van der Waals surface area contributed by atoms with Crippen molar-refractivity contribution < 1.29 is 22.7 Å². The molecule has 0 aliphatic carbocycles. The third-order valence-electron chi connectivity index (χ3n) is 4.99. The minimum absolute atomic E-state index is 0.0760. The van der Waals surface area contributed by atoms with Crippen LogP contribution in [0.25, 0.3) is 11.0 Å². The van der Waals surface area contributed by atoms with Crippen molar-refractivity contribution in [1.29, 1.82) is 0 Å². The second-order valence-corrected chi connectivity index (χ2v) is 8.51. The zero-order chi connectivity index (χ0) is 24.5. The largest absolute Gasteiger partial charge is 0.492 e. The number of aryl methyl sites for hydroxylation is 1. The summed E-state index contributed by atoms with van der Waals surface area (Å²) in [6.07, 6.45) is 0.322. The Hall–Kier alpha value is -3.67. The monoisotopic (exact) mass is 490 g/mol. The highest BCUT2D eigenvalue weighted by molar-refractivity contribution is 7.15. The van der Waals surface area contributed by atoms with Gasteiger partial charge in [-0.1, -0.05) is 11.3 Å². The predicted molar refractivity (Wildman–Crippen MR) is 122 cm³/mol. The molecule has 12 heteroatoms. The number of fused-ring (bicyclic) bond motifs is 1. The van der Waals surface area contributed by atoms with Crippen LogP contribution < -0.4 is 15.4 Å². The summed E-state index contributed by atoms with van der Waals surface area (Å²) in [6, 6.07) is 4.54. The van der Waals surface area contributed by atoms with E-state index in [9.17, 15) is 18.0 Å². The summed E-state index contributed by atoms with van der Waals surface area (Å²) in [4.78, 5) is 26.1. The molecule has 8 nitrogen and oxygen atoms in total. The number of anilines is 2. The molecule has 34 heavy (non-hydrogen) atoms. The molecular weight excluding hydrogens is 469 g/mol. The molecule has 4 aromatic rings. The van der Waals surface area contributed by atoms with Gasteiger partial charge in [0.1, 0.15) is 17.0 Å². The number of hydrogen-bond acceptors (Lipinski definition) is 7. The van der Waals surface area contributed by atoms with Crippen LogP contribution in [0.15, 0.2) is 43.0 Å². The Morgan fingerprint density at radius 3 is 2.74 bits per heavy atom. The van der Waals surface area contributed by atoms with Gasteiger partial charge in [0.15, 0.2) is 5.13 Å². The molecule has 1 aromatic carbocycles. The molecule has 4 rings (SSSR count). The maximum absolute atomic E-state index is 13.0. The molecule has 0 radical (unpaired) electrons. The summed E-state index contributed by atoms with van der Waals surface area (Å²) < 4.78 is 46.3. The Labute approximate surface area is 196 Å². The molecule has 0 aliphatic heterocycles. The van der Waals surface area contributed by atoms with Gasteiger partial charge >= 0.3 is 6.18 Å². The molecule has 1 atom stereocenters. The number of benzene rings is 1. The van der Waals surface area contributed by atoms with Crippen LogP contribution in [0, 0.1) is 0 Å². The Morgan fingerprint density at radius 1 is 1.21 bits per heavy atom. The van der Waals surface area contributed by atoms with E-state index in [1.54, 1.807) is 36.3 Å². The zero-order valence-electron chi connectivity index (χ0n) is 18.5. The highest BCUT2D eigenvalue weighted by atomic mass is 32.1. The number of nitrogens with one attached hydrogen (secondary N) is 2. The summed E-state index contributed by atoms with van der Waals surface area (Å²) in [5.41, 5.74) is 1.31. The fraction of sp³-hybridized carbons (Fsp3) is 0.273. The van der Waals surface area contributed by atoms with Crippen molar-refractivity contribution in [3.05, 3.63) is 59.1 Å². The summed E-state index contributed by atoms with van der Waals surface area (Å²) in [7, 11) is 1.83. The summed E-state index contributed by atoms with van der Waals surface area (Å²) >= 11 is 1.27. The first-order valence-corrected chi connectivity index (χ1v) is 11.1. The minimum Gasteiger partial charge on any atom is -0.492 e. The lowest BCUT2D eigenvalue weighted by atomic mass is 10.2. The maximum atomic E-state index is 13.0. The topological polar surface area (TPSA) is 94.0 Å². The summed E-state index contributed by atoms with van der Waals surface area (Å²) in [5, 5.41) is 6.33. The van der Waals surface area contributed by atoms with Crippen LogP contribution in [-0.2, 0) is 13.2 Å². The first-order valence-electron chi connectivity index (χ1n) is 10.3. The Morgan fingerprint density at radius 2 is 2.00 bits per heavy atom. The smallest absolute Gasteiger partial charge is 0.416 e. The van der Waals surface area contributed by atoms with Gasteiger partial charge in [-0.05, 0) is 38.1 Å². The lowest BCUT2D eigenvalue weighted by molar-refractivity contribution is -0.137. The van der Waals surface area contributed by atoms with Crippen molar-refractivity contribution in [2.75, 3.05) is 11.9 Å². The Bertz CT molecular complexity index is 1330. The Balaban J connectivity index is 1.47. The number of carbonyl (C=O) groups excluding carboxylic acids is 1. The number of alkyl halides is 3. The zero-order valence-corrected chi connectivity index (χ0v) is 19.3. The van der Waals surface area contributed by atoms with Crippen molar-refractivity contribution >= 4 is 39.1 Å². The number of nitrogens with zero attached hydrogens (tertiary/aromatic N) is 4. The van der Waals surface area contributed by atoms with Crippen LogP contribution >= 0.6 is 11.3 Å². The quantitative estimate of drug-likeness (QED) is 0.375. The van der Waals surface area contributed by atoms with E-state index in [-0.39, 0.29) is 30.0 Å². The van der Waals surface area contributed by atoms with Crippen LogP contribution in [0.5, 0.6) is 5.75 Å². The van der Waals surface area contributed by atoms with E-state index in [0.29, 0.717) is 16.3 Å². The molecule has 0 spiro atoms. The SMILES string of the molecule is CCOc1cc(C(F)(F)F)ccc1Nc1ncc(C(C)NC(=O)c2cc3c(cn2)ncn3C)s1. The summed E-state index contributed by atoms with van der Waals surface area (Å²) in [6.45, 7) is 3.71. The number of amides is 1. The molecule has 3 aromatic heterocycles. The van der Waals surface area contributed by atoms with Crippen LogP contribution in [0.3, 0.4) is 0 Å². The number of aromatic nitrogens is 4. The van der Waals surface area contributed by atoms with Crippen LogP contribution in [-0.4, -0.2) is 32.0 Å². The fourth-order valence-corrected chi connectivity index (χ4v) is 4.06. The van der Waals surface area contributed by atoms with Crippen LogP contribution in [0.4, 0.5) is 24.0 Å². The number of pyridine rings is 1. The van der Waals surface area contributed by atoms with Gasteiger partial charge in [0.25, 0.3) is 5.91 Å². The highest BCUT2D eigenvalue weighted by Gasteiger charge is 2.31. The van der Waals surface area contributed by atoms with Gasteiger partial charge < -0.3 is 19.9 Å². The molecular formula is C22H21F3N6O2S. The van der Waals surface area contributed by atoms with E-state index >= 15 is 0 Å². The van der Waals surface area contributed by atoms with Crippen molar-refractivity contribution in [3.63, 3.8) is 0 Å². The fourth-order valence-electron chi connectivity index (χ4n) is 3.23. The number of halogens is 3. The number of ether oxygens (including phenoxy) is 1. The van der Waals surface area contributed by atoms with Crippen molar-refractivity contribution in [2.45, 2.75) is 26.1 Å². The van der Waals surface area contributed by atoms with Crippen molar-refractivity contribution in [3.8, 4) is 5.75 Å². The van der Waals surface area contributed by atoms with Gasteiger partial charge in [0.2, 0.25) is 0 Å². The molecule has 0 saturated carbocycles. The van der Waals surface area contributed by atoms with Crippen LogP contribution in [0.2, 0.25) is 0 Å². The van der Waals surface area contributed by atoms with E-state index < -0.39 is 11.7 Å². The van der Waals surface area contributed by atoms with Crippen molar-refractivity contribution in [2.24, 2.45) is 7.05 Å². The number of imidazole rings is 1. The van der Waals surface area contributed by atoms with E-state index in [1.165, 1.54) is 17.4 Å². The third kappa shape index (κ3) is 4.96. The first kappa shape index (κ1) is 23.5. The molecule has 1 amide bonds. The minimum atomic E-state index is -4.47. The average molecular weight is 491 g/mol. The van der Waals surface area contributed by atoms with E-state index in [2.05, 4.69) is 25.6 Å². The molecule has 3 heterocycles. The number of hydrogen-bond donors (Lipinski definition) is 2. The van der Waals surface area contributed by atoms with Gasteiger partial charge in [-0.3, -0.25) is 4.79 Å². The van der Waals surface area contributed by atoms with Crippen LogP contribution in [0.1, 0.15) is 40.8 Å². The molecule has 0 aliphatic rings. The Kier molecular flexibility index (Phi) is 6.42. The number of carbonyl (C=O) groups is 1. The van der Waals surface area contributed by atoms with Gasteiger partial charge in [-0.2, -0.15) is 13.2 Å². The molecule has 0 bridgehead atoms. The first-order chi connectivity index (χ1) is 16.2. The standard InChI is InChI=1S/C22H21F3N6O2S/c1-4-33-18-7-13(22(23,24)25)5-6-14(18)30-21-27-10-19(34-21)12(2)29-20(32)15-8-17-16(9-26-15)28-11-31(17)3/h5-12H,4H2,1-3H3,(H,27,30)(H,29,32). The van der Waals surface area contributed by atoms with E-state index in [1.807, 2.05) is 14.0 Å². The molecule has 2 N–H and O–H groups in total. The molecule has 178 valence electrons. The van der Waals surface area contributed by atoms with Gasteiger partial charge in [-0.15, -0.1) is 0 Å². The second-order valence-electron chi connectivity index (χ2n) is 7.44. The van der Waals surface area contributed by atoms with E-state index in [4.69, 9.17) is 4.74 Å². The third-order valence-corrected chi connectivity index (χ3v) is 6.09. The van der Waals surface area contributed by atoms with Crippen molar-refractivity contribution in [1.82, 2.24) is 24.8 Å². The maximum Gasteiger partial charge on any atom is 0.416 e. The number of rotatable bonds is 7. The second kappa shape index (κ2) is 9.29. The highest BCUT2D eigenvalue weighted by Crippen LogP contribution is 2.37. The van der Waals surface area contributed by atoms with Gasteiger partial charge in [-0.25, -0.2) is 15.0 Å². The normalized spacial score (nSPS) is 12.5. The molecule has 0 fully saturated rings. The lowest BCUT2D eigenvalue weighted by Gasteiger charge is -2.14. The number of thiazole rings is 1. The van der Waals surface area contributed by atoms with Gasteiger partial charge in [0.05, 0.1) is 41.9 Å². The lowest BCUT2D eigenvalue weighted by Crippen LogP contribution is -2.26. The van der Waals surface area contributed by atoms with E-state index in [0.717, 1.165) is 22.5 Å². The molecule has 0 saturated heterocycles. The van der Waals surface area contributed by atoms with Gasteiger partial charge in [0, 0.05) is 18.1 Å².